The van der Waals surface area contributed by atoms with Crippen LogP contribution in [0.2, 0.25) is 0 Å². The molecule has 0 aliphatic carbocycles. The van der Waals surface area contributed by atoms with Crippen LogP contribution in [-0.4, -0.2) is 35.7 Å². The molecule has 0 aromatic carbocycles. The molecule has 0 fully saturated rings. The third-order valence-corrected chi connectivity index (χ3v) is 4.59. The minimum Gasteiger partial charge on any atom is -0.481 e. The zero-order valence-corrected chi connectivity index (χ0v) is 16.8. The van der Waals surface area contributed by atoms with Crippen molar-refractivity contribution >= 4 is 23.1 Å². The first-order valence-corrected chi connectivity index (χ1v) is 9.03. The van der Waals surface area contributed by atoms with E-state index in [4.69, 9.17) is 4.74 Å². The van der Waals surface area contributed by atoms with Gasteiger partial charge in [0, 0.05) is 13.6 Å². The van der Waals surface area contributed by atoms with Crippen LogP contribution in [0.1, 0.15) is 40.5 Å². The molecule has 0 saturated carbocycles. The molecule has 2 heterocycles. The first-order chi connectivity index (χ1) is 13.0. The highest BCUT2D eigenvalue weighted by Crippen LogP contribution is 2.16. The molecule has 0 aliphatic rings. The lowest BCUT2D eigenvalue weighted by atomic mass is 9.98. The summed E-state index contributed by atoms with van der Waals surface area (Å²) in [6.07, 6.45) is 1.88. The van der Waals surface area contributed by atoms with Gasteiger partial charge in [-0.1, -0.05) is 6.92 Å². The van der Waals surface area contributed by atoms with Crippen molar-refractivity contribution in [2.45, 2.75) is 53.8 Å². The minimum atomic E-state index is -0.965. The monoisotopic (exact) mass is 394 g/mol. The summed E-state index contributed by atoms with van der Waals surface area (Å²) in [5, 5.41) is 9.18. The maximum Gasteiger partial charge on any atom is 0.332 e. The van der Waals surface area contributed by atoms with Gasteiger partial charge in [-0.25, -0.2) is 9.78 Å². The minimum absolute atomic E-state index is 0.0286. The second-order valence-electron chi connectivity index (χ2n) is 7.73. The second kappa shape index (κ2) is 7.99. The molecule has 28 heavy (non-hydrogen) atoms. The van der Waals surface area contributed by atoms with E-state index >= 15 is 0 Å². The number of hydrogen-bond acceptors (Lipinski definition) is 6. The van der Waals surface area contributed by atoms with Crippen molar-refractivity contribution in [3.8, 4) is 0 Å². The molecule has 0 aliphatic heterocycles. The molecule has 0 saturated heterocycles. The summed E-state index contributed by atoms with van der Waals surface area (Å²) in [5.41, 5.74) is -1.58. The number of carboxylic acids is 1. The number of hydrogen-bond donors (Lipinski definition) is 1. The number of imidazole rings is 1. The molecule has 2 aromatic heterocycles. The predicted octanol–water partition coefficient (Wildman–Crippen LogP) is 0.944. The van der Waals surface area contributed by atoms with Crippen molar-refractivity contribution < 1.29 is 19.4 Å². The molecule has 0 spiro atoms. The Hall–Kier alpha value is -2.91. The van der Waals surface area contributed by atoms with E-state index in [2.05, 4.69) is 4.98 Å². The van der Waals surface area contributed by atoms with Crippen molar-refractivity contribution in [2.75, 3.05) is 0 Å². The molecule has 10 nitrogen and oxygen atoms in total. The van der Waals surface area contributed by atoms with E-state index in [-0.39, 0.29) is 30.9 Å². The highest BCUT2D eigenvalue weighted by Gasteiger charge is 2.24. The van der Waals surface area contributed by atoms with Gasteiger partial charge in [0.25, 0.3) is 5.56 Å². The van der Waals surface area contributed by atoms with Gasteiger partial charge in [0.15, 0.2) is 17.9 Å². The molecule has 2 rings (SSSR count). The largest absolute Gasteiger partial charge is 0.481 e. The Morgan fingerprint density at radius 2 is 1.93 bits per heavy atom. The molecule has 0 bridgehead atoms. The highest BCUT2D eigenvalue weighted by molar-refractivity contribution is 5.75. The maximum absolute atomic E-state index is 12.9. The Morgan fingerprint density at radius 1 is 1.29 bits per heavy atom. The van der Waals surface area contributed by atoms with Crippen LogP contribution in [0.5, 0.6) is 0 Å². The summed E-state index contributed by atoms with van der Waals surface area (Å²) in [7, 11) is 1.48. The molecule has 0 amide bonds. The third-order valence-electron chi connectivity index (χ3n) is 4.59. The third kappa shape index (κ3) is 4.15. The van der Waals surface area contributed by atoms with Crippen LogP contribution in [0.15, 0.2) is 15.9 Å². The standard InChI is InChI=1S/C18H26N4O6/c1-6-11(15(24)25)7-8-22-14(23)12-13(20(5)17(22)27)19-9-21(12)10-28-16(26)18(2,3)4/h9,11H,6-8,10H2,1-5H3,(H,24,25). The van der Waals surface area contributed by atoms with E-state index in [0.717, 1.165) is 4.57 Å². The van der Waals surface area contributed by atoms with Crippen LogP contribution in [0.25, 0.3) is 11.2 Å². The number of rotatable bonds is 7. The number of fused-ring (bicyclic) bond motifs is 1. The molecule has 1 N–H and O–H groups in total. The average Bonchev–Trinajstić information content (AvgIpc) is 3.03. The van der Waals surface area contributed by atoms with Gasteiger partial charge in [0.2, 0.25) is 0 Å². The van der Waals surface area contributed by atoms with Crippen LogP contribution < -0.4 is 11.2 Å². The summed E-state index contributed by atoms with van der Waals surface area (Å²) in [6, 6.07) is 0. The molecule has 2 aromatic rings. The lowest BCUT2D eigenvalue weighted by Gasteiger charge is -2.17. The van der Waals surface area contributed by atoms with Crippen LogP contribution in [0.3, 0.4) is 0 Å². The first kappa shape index (κ1) is 21.4. The fourth-order valence-corrected chi connectivity index (χ4v) is 2.75. The van der Waals surface area contributed by atoms with Gasteiger partial charge in [-0.3, -0.25) is 28.1 Å². The number of carboxylic acid groups (broad SMARTS) is 1. The van der Waals surface area contributed by atoms with Crippen molar-refractivity contribution in [3.63, 3.8) is 0 Å². The van der Waals surface area contributed by atoms with Gasteiger partial charge >= 0.3 is 17.6 Å². The van der Waals surface area contributed by atoms with E-state index in [9.17, 15) is 24.3 Å². The van der Waals surface area contributed by atoms with Crippen molar-refractivity contribution in [3.05, 3.63) is 27.2 Å². The first-order valence-electron chi connectivity index (χ1n) is 9.03. The summed E-state index contributed by atoms with van der Waals surface area (Å²) < 4.78 is 8.83. The maximum atomic E-state index is 12.9. The van der Waals surface area contributed by atoms with Crippen LogP contribution >= 0.6 is 0 Å². The fraction of sp³-hybridized carbons (Fsp3) is 0.611. The summed E-state index contributed by atoms with van der Waals surface area (Å²) >= 11 is 0. The van der Waals surface area contributed by atoms with Gasteiger partial charge in [-0.2, -0.15) is 0 Å². The molecule has 0 radical (unpaired) electrons. The zero-order valence-electron chi connectivity index (χ0n) is 16.8. The number of ether oxygens (including phenoxy) is 1. The quantitative estimate of drug-likeness (QED) is 0.693. The Labute approximate surface area is 161 Å². The summed E-state index contributed by atoms with van der Waals surface area (Å²) in [5.74, 6) is -2.05. The fourth-order valence-electron chi connectivity index (χ4n) is 2.75. The number of esters is 1. The number of aryl methyl sites for hydroxylation is 1. The average molecular weight is 394 g/mol. The van der Waals surface area contributed by atoms with Crippen molar-refractivity contribution in [1.29, 1.82) is 0 Å². The molecule has 154 valence electrons. The number of aliphatic carboxylic acids is 1. The number of carbonyl (C=O) groups excluding carboxylic acids is 1. The Balaban J connectivity index is 2.42. The van der Waals surface area contributed by atoms with Gasteiger partial charge in [0.05, 0.1) is 11.3 Å². The van der Waals surface area contributed by atoms with Gasteiger partial charge < -0.3 is 9.84 Å². The number of nitrogens with zero attached hydrogens (tertiary/aromatic N) is 4. The molecule has 10 heteroatoms. The van der Waals surface area contributed by atoms with Crippen molar-refractivity contribution in [2.24, 2.45) is 18.4 Å². The van der Waals surface area contributed by atoms with Gasteiger partial charge in [-0.05, 0) is 33.6 Å². The highest BCUT2D eigenvalue weighted by atomic mass is 16.5. The van der Waals surface area contributed by atoms with Gasteiger partial charge in [-0.15, -0.1) is 0 Å². The lowest BCUT2D eigenvalue weighted by molar-refractivity contribution is -0.156. The smallest absolute Gasteiger partial charge is 0.332 e. The summed E-state index contributed by atoms with van der Waals surface area (Å²) in [4.78, 5) is 52.7. The predicted molar refractivity (Wildman–Crippen MR) is 101 cm³/mol. The van der Waals surface area contributed by atoms with E-state index in [0.29, 0.717) is 6.42 Å². The molecule has 1 unspecified atom stereocenters. The van der Waals surface area contributed by atoms with Crippen LogP contribution in [0, 0.1) is 11.3 Å². The topological polar surface area (TPSA) is 125 Å². The van der Waals surface area contributed by atoms with E-state index in [1.165, 1.54) is 22.5 Å². The molecular formula is C18H26N4O6. The second-order valence-corrected chi connectivity index (χ2v) is 7.73. The van der Waals surface area contributed by atoms with E-state index < -0.39 is 34.5 Å². The zero-order chi connectivity index (χ0) is 21.2. The van der Waals surface area contributed by atoms with Crippen molar-refractivity contribution in [1.82, 2.24) is 18.7 Å². The Kier molecular flexibility index (Phi) is 6.10. The SMILES string of the molecule is CCC(CCn1c(=O)c2c(ncn2COC(=O)C(C)(C)C)n(C)c1=O)C(=O)O. The van der Waals surface area contributed by atoms with E-state index in [1.54, 1.807) is 27.7 Å². The normalized spacial score (nSPS) is 12.9. The molecule has 1 atom stereocenters. The number of aromatic nitrogens is 4. The Bertz CT molecular complexity index is 1010. The van der Waals surface area contributed by atoms with Crippen LogP contribution in [-0.2, 0) is 34.6 Å². The van der Waals surface area contributed by atoms with E-state index in [1.807, 2.05) is 0 Å². The molecular weight excluding hydrogens is 368 g/mol. The lowest BCUT2D eigenvalue weighted by Crippen LogP contribution is -2.40. The van der Waals surface area contributed by atoms with Gasteiger partial charge in [0.1, 0.15) is 6.33 Å². The summed E-state index contributed by atoms with van der Waals surface area (Å²) in [6.45, 7) is 6.63. The Morgan fingerprint density at radius 3 is 2.46 bits per heavy atom. The van der Waals surface area contributed by atoms with Crippen LogP contribution in [0.4, 0.5) is 0 Å². The number of carbonyl (C=O) groups is 2.